The van der Waals surface area contributed by atoms with Crippen molar-refractivity contribution in [2.45, 2.75) is 45.6 Å². The molecule has 1 heterocycles. The third kappa shape index (κ3) is 2.19. The van der Waals surface area contributed by atoms with Gasteiger partial charge in [0.25, 0.3) is 0 Å². The third-order valence-corrected chi connectivity index (χ3v) is 4.07. The van der Waals surface area contributed by atoms with E-state index in [0.29, 0.717) is 0 Å². The first-order valence-electron chi connectivity index (χ1n) is 7.07. The highest BCUT2D eigenvalue weighted by atomic mass is 15.3. The molecule has 3 nitrogen and oxygen atoms in total. The van der Waals surface area contributed by atoms with Gasteiger partial charge in [0.2, 0.25) is 0 Å². The van der Waals surface area contributed by atoms with Crippen LogP contribution in [0.3, 0.4) is 0 Å². The summed E-state index contributed by atoms with van der Waals surface area (Å²) in [5, 5.41) is 4.60. The predicted molar refractivity (Wildman–Crippen MR) is 77.5 cm³/mol. The topological polar surface area (TPSA) is 43.8 Å². The lowest BCUT2D eigenvalue weighted by atomic mass is 10.1. The summed E-state index contributed by atoms with van der Waals surface area (Å²) in [4.78, 5) is 0. The van der Waals surface area contributed by atoms with Crippen molar-refractivity contribution in [3.63, 3.8) is 0 Å². The lowest BCUT2D eigenvalue weighted by Gasteiger charge is -2.12. The molecule has 2 aromatic rings. The van der Waals surface area contributed by atoms with Crippen molar-refractivity contribution in [3.8, 4) is 5.69 Å². The fraction of sp³-hybridized carbons (Fsp3) is 0.438. The van der Waals surface area contributed by atoms with Crippen LogP contribution in [0.5, 0.6) is 0 Å². The Morgan fingerprint density at radius 1 is 1.26 bits per heavy atom. The van der Waals surface area contributed by atoms with Gasteiger partial charge in [-0.1, -0.05) is 18.6 Å². The van der Waals surface area contributed by atoms with Crippen LogP contribution in [0, 0.1) is 13.8 Å². The first-order valence-corrected chi connectivity index (χ1v) is 7.07. The van der Waals surface area contributed by atoms with Crippen molar-refractivity contribution < 1.29 is 0 Å². The molecule has 0 radical (unpaired) electrons. The van der Waals surface area contributed by atoms with Crippen LogP contribution < -0.4 is 5.73 Å². The van der Waals surface area contributed by atoms with Gasteiger partial charge < -0.3 is 5.73 Å². The number of aromatic nitrogens is 2. The zero-order valence-electron chi connectivity index (χ0n) is 11.7. The molecule has 1 unspecified atom stereocenters. The molecule has 0 amide bonds. The van der Waals surface area contributed by atoms with Crippen molar-refractivity contribution in [2.24, 2.45) is 5.73 Å². The molecule has 3 heteroatoms. The van der Waals surface area contributed by atoms with Crippen molar-refractivity contribution in [1.29, 1.82) is 0 Å². The van der Waals surface area contributed by atoms with Crippen molar-refractivity contribution in [1.82, 2.24) is 9.78 Å². The lowest BCUT2D eigenvalue weighted by molar-refractivity contribution is 0.611. The molecule has 1 aromatic heterocycles. The third-order valence-electron chi connectivity index (χ3n) is 4.07. The molecule has 100 valence electrons. The molecule has 3 rings (SSSR count). The van der Waals surface area contributed by atoms with Crippen LogP contribution in [0.15, 0.2) is 24.4 Å². The first-order chi connectivity index (χ1) is 9.16. The molecule has 0 spiro atoms. The zero-order valence-corrected chi connectivity index (χ0v) is 11.7. The Morgan fingerprint density at radius 2 is 2.11 bits per heavy atom. The molecule has 1 aliphatic rings. The van der Waals surface area contributed by atoms with E-state index in [9.17, 15) is 0 Å². The molecule has 1 aliphatic carbocycles. The Bertz CT molecular complexity index is 598. The van der Waals surface area contributed by atoms with E-state index < -0.39 is 0 Å². The molecule has 0 saturated carbocycles. The SMILES string of the molecule is Cc1ccc(C)c(-n2ncc3c2CCCCC3N)c1. The minimum absolute atomic E-state index is 0.149. The Kier molecular flexibility index (Phi) is 3.15. The number of fused-ring (bicyclic) bond motifs is 1. The van der Waals surface area contributed by atoms with Crippen LogP contribution in [-0.4, -0.2) is 9.78 Å². The monoisotopic (exact) mass is 255 g/mol. The quantitative estimate of drug-likeness (QED) is 0.795. The van der Waals surface area contributed by atoms with Gasteiger partial charge in [0, 0.05) is 17.3 Å². The number of hydrogen-bond donors (Lipinski definition) is 1. The second kappa shape index (κ2) is 4.82. The highest BCUT2D eigenvalue weighted by Crippen LogP contribution is 2.29. The summed E-state index contributed by atoms with van der Waals surface area (Å²) in [5.74, 6) is 0. The molecule has 0 fully saturated rings. The molecule has 1 atom stereocenters. The highest BCUT2D eigenvalue weighted by Gasteiger charge is 2.20. The van der Waals surface area contributed by atoms with Crippen LogP contribution in [0.25, 0.3) is 5.69 Å². The molecule has 2 N–H and O–H groups in total. The average molecular weight is 255 g/mol. The number of hydrogen-bond acceptors (Lipinski definition) is 2. The van der Waals surface area contributed by atoms with E-state index in [1.165, 1.54) is 40.9 Å². The Labute approximate surface area is 114 Å². The van der Waals surface area contributed by atoms with Gasteiger partial charge >= 0.3 is 0 Å². The summed E-state index contributed by atoms with van der Waals surface area (Å²) in [7, 11) is 0. The van der Waals surface area contributed by atoms with Gasteiger partial charge in [-0.15, -0.1) is 0 Å². The number of aryl methyl sites for hydroxylation is 2. The van der Waals surface area contributed by atoms with E-state index in [0.717, 1.165) is 12.8 Å². The van der Waals surface area contributed by atoms with Crippen molar-refractivity contribution in [3.05, 3.63) is 46.8 Å². The predicted octanol–water partition coefficient (Wildman–Crippen LogP) is 3.22. The maximum atomic E-state index is 6.25. The van der Waals surface area contributed by atoms with E-state index in [1.807, 2.05) is 6.20 Å². The van der Waals surface area contributed by atoms with E-state index in [2.05, 4.69) is 41.8 Å². The van der Waals surface area contributed by atoms with Gasteiger partial charge in [-0.05, 0) is 50.3 Å². The van der Waals surface area contributed by atoms with Crippen LogP contribution in [0.4, 0.5) is 0 Å². The van der Waals surface area contributed by atoms with E-state index in [1.54, 1.807) is 0 Å². The van der Waals surface area contributed by atoms with Gasteiger partial charge in [0.1, 0.15) is 0 Å². The first kappa shape index (κ1) is 12.4. The van der Waals surface area contributed by atoms with Gasteiger partial charge in [-0.25, -0.2) is 4.68 Å². The summed E-state index contributed by atoms with van der Waals surface area (Å²) < 4.78 is 2.10. The summed E-state index contributed by atoms with van der Waals surface area (Å²) in [6.07, 6.45) is 6.54. The van der Waals surface area contributed by atoms with E-state index in [4.69, 9.17) is 5.73 Å². The minimum Gasteiger partial charge on any atom is -0.324 e. The zero-order chi connectivity index (χ0) is 13.4. The van der Waals surface area contributed by atoms with Crippen molar-refractivity contribution in [2.75, 3.05) is 0 Å². The van der Waals surface area contributed by atoms with Crippen LogP contribution >= 0.6 is 0 Å². The maximum absolute atomic E-state index is 6.25. The Morgan fingerprint density at radius 3 is 2.95 bits per heavy atom. The van der Waals surface area contributed by atoms with Crippen LogP contribution in [0.1, 0.15) is 47.7 Å². The second-order valence-corrected chi connectivity index (χ2v) is 5.60. The number of nitrogens with two attached hydrogens (primary N) is 1. The number of rotatable bonds is 1. The molecule has 1 aromatic carbocycles. The van der Waals surface area contributed by atoms with E-state index in [-0.39, 0.29) is 6.04 Å². The van der Waals surface area contributed by atoms with Crippen LogP contribution in [0.2, 0.25) is 0 Å². The second-order valence-electron chi connectivity index (χ2n) is 5.60. The fourth-order valence-electron chi connectivity index (χ4n) is 2.91. The molecule has 19 heavy (non-hydrogen) atoms. The summed E-state index contributed by atoms with van der Waals surface area (Å²) in [5.41, 5.74) is 12.5. The number of nitrogens with zero attached hydrogens (tertiary/aromatic N) is 2. The molecular formula is C16H21N3. The summed E-state index contributed by atoms with van der Waals surface area (Å²) in [6.45, 7) is 4.26. The molecule has 0 aliphatic heterocycles. The van der Waals surface area contributed by atoms with Gasteiger partial charge in [-0.3, -0.25) is 0 Å². The molecule has 0 saturated heterocycles. The smallest absolute Gasteiger partial charge is 0.0680 e. The van der Waals surface area contributed by atoms with Crippen molar-refractivity contribution >= 4 is 0 Å². The van der Waals surface area contributed by atoms with E-state index >= 15 is 0 Å². The summed E-state index contributed by atoms with van der Waals surface area (Å²) >= 11 is 0. The standard InChI is InChI=1S/C16H21N3/c1-11-7-8-12(2)16(9-11)19-15-6-4-3-5-14(17)13(15)10-18-19/h7-10,14H,3-6,17H2,1-2H3. The van der Waals surface area contributed by atoms with Crippen LogP contribution in [-0.2, 0) is 6.42 Å². The minimum atomic E-state index is 0.149. The Hall–Kier alpha value is -1.61. The van der Waals surface area contributed by atoms with Gasteiger partial charge in [0.05, 0.1) is 11.9 Å². The normalized spacial score (nSPS) is 19.0. The van der Waals surface area contributed by atoms with Gasteiger partial charge in [-0.2, -0.15) is 5.10 Å². The Balaban J connectivity index is 2.14. The summed E-state index contributed by atoms with van der Waals surface area (Å²) in [6, 6.07) is 6.66. The molecular weight excluding hydrogens is 234 g/mol. The fourth-order valence-corrected chi connectivity index (χ4v) is 2.91. The van der Waals surface area contributed by atoms with Gasteiger partial charge in [0.15, 0.2) is 0 Å². The average Bonchev–Trinajstić information content (AvgIpc) is 2.72. The lowest BCUT2D eigenvalue weighted by Crippen LogP contribution is -2.10. The maximum Gasteiger partial charge on any atom is 0.0680 e. The molecule has 0 bridgehead atoms. The largest absolute Gasteiger partial charge is 0.324 e. The number of benzene rings is 1. The highest BCUT2D eigenvalue weighted by molar-refractivity contribution is 5.45.